The minimum atomic E-state index is -1.02. The molecule has 1 aliphatic heterocycles. The van der Waals surface area contributed by atoms with Crippen molar-refractivity contribution in [2.45, 2.75) is 64.9 Å². The molecule has 4 unspecified atom stereocenters. The van der Waals surface area contributed by atoms with Crippen molar-refractivity contribution in [2.75, 3.05) is 6.61 Å². The molecule has 0 aromatic heterocycles. The summed E-state index contributed by atoms with van der Waals surface area (Å²) in [5, 5.41) is -0.680. The maximum atomic E-state index is 11.3. The summed E-state index contributed by atoms with van der Waals surface area (Å²) < 4.78 is 16.2. The Balaban J connectivity index is 0.00000121. The topological polar surface area (TPSA) is 44.8 Å². The van der Waals surface area contributed by atoms with Gasteiger partial charge in [0.25, 0.3) is 0 Å². The van der Waals surface area contributed by atoms with E-state index in [-0.39, 0.29) is 18.8 Å². The Morgan fingerprint density at radius 1 is 1.41 bits per heavy atom. The number of rotatable bonds is 2. The van der Waals surface area contributed by atoms with Crippen LogP contribution in [0.25, 0.3) is 0 Å². The predicted octanol–water partition coefficient (Wildman–Crippen LogP) is 2.72. The van der Waals surface area contributed by atoms with E-state index < -0.39 is 17.1 Å². The smallest absolute Gasteiger partial charge is 0.326 e. The minimum Gasteiger partial charge on any atom is -0.430 e. The van der Waals surface area contributed by atoms with Crippen molar-refractivity contribution >= 4 is 17.6 Å². The van der Waals surface area contributed by atoms with Crippen LogP contribution in [0.4, 0.5) is 0 Å². The Labute approximate surface area is 109 Å². The number of carbonyl (C=O) groups excluding carboxylic acids is 1. The molecule has 0 aromatic carbocycles. The lowest BCUT2D eigenvalue weighted by molar-refractivity contribution is -0.308. The minimum absolute atomic E-state index is 0.00482. The first kappa shape index (κ1) is 16.7. The molecule has 0 aromatic rings. The molecular formula is C12H23ClO4. The first-order chi connectivity index (χ1) is 7.84. The van der Waals surface area contributed by atoms with Crippen LogP contribution in [-0.2, 0) is 19.0 Å². The van der Waals surface area contributed by atoms with Crippen LogP contribution in [0.2, 0.25) is 0 Å². The second-order valence-electron chi connectivity index (χ2n) is 4.01. The molecule has 1 aliphatic rings. The number of carbonyl (C=O) groups is 1. The molecule has 0 aliphatic carbocycles. The third kappa shape index (κ3) is 5.23. The molecule has 0 spiro atoms. The van der Waals surface area contributed by atoms with E-state index in [1.807, 2.05) is 27.7 Å². The van der Waals surface area contributed by atoms with Crippen LogP contribution < -0.4 is 0 Å². The number of hydrogen-bond donors (Lipinski definition) is 0. The Morgan fingerprint density at radius 2 is 1.94 bits per heavy atom. The highest BCUT2D eigenvalue weighted by molar-refractivity contribution is 6.29. The van der Waals surface area contributed by atoms with Gasteiger partial charge < -0.3 is 14.2 Å². The zero-order valence-electron chi connectivity index (χ0n) is 11.5. The van der Waals surface area contributed by atoms with Gasteiger partial charge in [-0.15, -0.1) is 11.6 Å². The molecule has 4 atom stereocenters. The third-order valence-electron chi connectivity index (χ3n) is 2.35. The summed E-state index contributed by atoms with van der Waals surface area (Å²) in [4.78, 5) is 11.3. The van der Waals surface area contributed by atoms with Gasteiger partial charge in [0.1, 0.15) is 12.0 Å². The van der Waals surface area contributed by atoms with Crippen LogP contribution in [0, 0.1) is 0 Å². The lowest BCUT2D eigenvalue weighted by Crippen LogP contribution is -2.51. The second kappa shape index (κ2) is 7.19. The molecule has 102 valence electrons. The average molecular weight is 267 g/mol. The number of esters is 1. The monoisotopic (exact) mass is 266 g/mol. The molecule has 17 heavy (non-hydrogen) atoms. The second-order valence-corrected chi connectivity index (χ2v) is 4.66. The normalized spacial score (nSPS) is 34.3. The lowest BCUT2D eigenvalue weighted by atomic mass is 10.2. The predicted molar refractivity (Wildman–Crippen MR) is 67.1 cm³/mol. The van der Waals surface area contributed by atoms with Crippen molar-refractivity contribution in [1.82, 2.24) is 0 Å². The molecule has 1 saturated heterocycles. The first-order valence-electron chi connectivity index (χ1n) is 6.00. The van der Waals surface area contributed by atoms with Gasteiger partial charge in [-0.2, -0.15) is 0 Å². The van der Waals surface area contributed by atoms with Gasteiger partial charge in [-0.1, -0.05) is 13.8 Å². The average Bonchev–Trinajstić information content (AvgIpc) is 2.26. The first-order valence-corrected chi connectivity index (χ1v) is 6.44. The van der Waals surface area contributed by atoms with Crippen LogP contribution in [0.15, 0.2) is 0 Å². The third-order valence-corrected chi connectivity index (χ3v) is 2.52. The van der Waals surface area contributed by atoms with E-state index in [0.29, 0.717) is 0 Å². The standard InChI is InChI=1S/C10H17ClO4.C2H6/c1-6(11)9(12)15-10(4)5-13-7(2)8(3)14-10;1-2/h6-8H,5H2,1-4H3;1-2H3. The number of hydrogen-bond acceptors (Lipinski definition) is 4. The summed E-state index contributed by atoms with van der Waals surface area (Å²) in [6.07, 6.45) is -0.104. The van der Waals surface area contributed by atoms with Gasteiger partial charge in [0.2, 0.25) is 5.79 Å². The Kier molecular flexibility index (Phi) is 7.05. The number of halogens is 1. The quantitative estimate of drug-likeness (QED) is 0.569. The van der Waals surface area contributed by atoms with Gasteiger partial charge in [0, 0.05) is 6.92 Å². The fourth-order valence-electron chi connectivity index (χ4n) is 1.29. The van der Waals surface area contributed by atoms with Gasteiger partial charge >= 0.3 is 5.97 Å². The zero-order valence-corrected chi connectivity index (χ0v) is 12.2. The number of alkyl halides is 1. The molecule has 0 N–H and O–H groups in total. The maximum absolute atomic E-state index is 11.3. The van der Waals surface area contributed by atoms with Crippen molar-refractivity contribution in [2.24, 2.45) is 0 Å². The SMILES string of the molecule is CC.CC(Cl)C(=O)OC1(C)COC(C)C(C)O1. The van der Waals surface area contributed by atoms with Crippen molar-refractivity contribution < 1.29 is 19.0 Å². The molecule has 1 rings (SSSR count). The molecular weight excluding hydrogens is 244 g/mol. The van der Waals surface area contributed by atoms with Crippen molar-refractivity contribution in [3.05, 3.63) is 0 Å². The van der Waals surface area contributed by atoms with Crippen molar-refractivity contribution in [1.29, 1.82) is 0 Å². The van der Waals surface area contributed by atoms with E-state index in [1.54, 1.807) is 13.8 Å². The van der Waals surface area contributed by atoms with Gasteiger partial charge in [0.05, 0.1) is 12.2 Å². The molecule has 0 radical (unpaired) electrons. The fourth-order valence-corrected chi connectivity index (χ4v) is 1.33. The molecule has 1 heterocycles. The van der Waals surface area contributed by atoms with Crippen molar-refractivity contribution in [3.63, 3.8) is 0 Å². The Morgan fingerprint density at radius 3 is 2.35 bits per heavy atom. The zero-order chi connectivity index (χ0) is 13.6. The van der Waals surface area contributed by atoms with E-state index in [9.17, 15) is 4.79 Å². The molecule has 0 bridgehead atoms. The maximum Gasteiger partial charge on any atom is 0.326 e. The highest BCUT2D eigenvalue weighted by Crippen LogP contribution is 2.25. The highest BCUT2D eigenvalue weighted by Gasteiger charge is 2.39. The summed E-state index contributed by atoms with van der Waals surface area (Å²) >= 11 is 5.60. The lowest BCUT2D eigenvalue weighted by Gasteiger charge is -2.39. The number of ether oxygens (including phenoxy) is 3. The van der Waals surface area contributed by atoms with E-state index in [1.165, 1.54) is 0 Å². The van der Waals surface area contributed by atoms with Gasteiger partial charge in [-0.05, 0) is 20.8 Å². The molecule has 5 heteroatoms. The van der Waals surface area contributed by atoms with Gasteiger partial charge in [0.15, 0.2) is 0 Å². The molecule has 4 nitrogen and oxygen atoms in total. The van der Waals surface area contributed by atoms with E-state index in [4.69, 9.17) is 25.8 Å². The van der Waals surface area contributed by atoms with Crippen LogP contribution in [0.5, 0.6) is 0 Å². The highest BCUT2D eigenvalue weighted by atomic mass is 35.5. The van der Waals surface area contributed by atoms with Crippen LogP contribution in [0.3, 0.4) is 0 Å². The Bertz CT molecular complexity index is 245. The molecule has 0 amide bonds. The van der Waals surface area contributed by atoms with Crippen LogP contribution in [-0.4, -0.2) is 35.9 Å². The van der Waals surface area contributed by atoms with Gasteiger partial charge in [-0.3, -0.25) is 4.79 Å². The summed E-state index contributed by atoms with van der Waals surface area (Å²) in [5.74, 6) is -1.52. The van der Waals surface area contributed by atoms with Crippen LogP contribution in [0.1, 0.15) is 41.5 Å². The van der Waals surface area contributed by atoms with Crippen molar-refractivity contribution in [3.8, 4) is 0 Å². The van der Waals surface area contributed by atoms with Crippen LogP contribution >= 0.6 is 11.6 Å². The van der Waals surface area contributed by atoms with E-state index in [2.05, 4.69) is 0 Å². The Hall–Kier alpha value is -0.320. The largest absolute Gasteiger partial charge is 0.430 e. The summed E-state index contributed by atoms with van der Waals surface area (Å²) in [6.45, 7) is 11.2. The summed E-state index contributed by atoms with van der Waals surface area (Å²) in [7, 11) is 0. The fraction of sp³-hybridized carbons (Fsp3) is 0.917. The summed E-state index contributed by atoms with van der Waals surface area (Å²) in [5.41, 5.74) is 0. The summed E-state index contributed by atoms with van der Waals surface area (Å²) in [6, 6.07) is 0. The van der Waals surface area contributed by atoms with E-state index >= 15 is 0 Å². The molecule has 0 saturated carbocycles. The van der Waals surface area contributed by atoms with Gasteiger partial charge in [-0.25, -0.2) is 0 Å². The van der Waals surface area contributed by atoms with E-state index in [0.717, 1.165) is 0 Å². The molecule has 1 fully saturated rings.